The zero-order chi connectivity index (χ0) is 25.9. The highest BCUT2D eigenvalue weighted by Gasteiger charge is 2.26. The lowest BCUT2D eigenvalue weighted by Gasteiger charge is -2.12. The van der Waals surface area contributed by atoms with Crippen LogP contribution in [0, 0.1) is 0 Å². The van der Waals surface area contributed by atoms with Crippen LogP contribution in [-0.2, 0) is 9.59 Å². The predicted octanol–water partition coefficient (Wildman–Crippen LogP) is 4.56. The molecule has 2 aromatic heterocycles. The molecule has 0 saturated carbocycles. The minimum atomic E-state index is -0.698. The van der Waals surface area contributed by atoms with E-state index < -0.39 is 11.9 Å². The van der Waals surface area contributed by atoms with E-state index >= 15 is 0 Å². The summed E-state index contributed by atoms with van der Waals surface area (Å²) in [5.41, 5.74) is 2.45. The van der Waals surface area contributed by atoms with E-state index in [2.05, 4.69) is 25.8 Å². The van der Waals surface area contributed by atoms with Gasteiger partial charge in [0.15, 0.2) is 17.1 Å². The second kappa shape index (κ2) is 10.5. The third kappa shape index (κ3) is 5.40. The van der Waals surface area contributed by atoms with E-state index in [0.29, 0.717) is 23.3 Å². The SMILES string of the molecule is CN(C)CCCOc1ccc(-n2nc(-c3ccc(Br)cc3)c3c4c(cnc32)OC(=O)/C=C\C(=O)O4)cc1. The number of halogens is 1. The van der Waals surface area contributed by atoms with E-state index in [4.69, 9.17) is 19.3 Å². The molecule has 2 aromatic carbocycles. The molecule has 1 aliphatic heterocycles. The van der Waals surface area contributed by atoms with Gasteiger partial charge in [0.2, 0.25) is 0 Å². The summed E-state index contributed by atoms with van der Waals surface area (Å²) < 4.78 is 19.4. The number of nitrogens with zero attached hydrogens (tertiary/aromatic N) is 4. The van der Waals surface area contributed by atoms with Crippen molar-refractivity contribution < 1.29 is 23.8 Å². The summed E-state index contributed by atoms with van der Waals surface area (Å²) >= 11 is 3.45. The fraction of sp³-hybridized carbons (Fsp3) is 0.185. The summed E-state index contributed by atoms with van der Waals surface area (Å²) in [6, 6.07) is 15.1. The lowest BCUT2D eigenvalue weighted by Crippen LogP contribution is -2.15. The maximum Gasteiger partial charge on any atom is 0.336 e. The zero-order valence-electron chi connectivity index (χ0n) is 20.2. The van der Waals surface area contributed by atoms with Crippen LogP contribution in [0.3, 0.4) is 0 Å². The van der Waals surface area contributed by atoms with E-state index in [1.165, 1.54) is 6.20 Å². The molecule has 0 atom stereocenters. The molecule has 0 aliphatic carbocycles. The largest absolute Gasteiger partial charge is 0.494 e. The number of esters is 2. The fourth-order valence-corrected chi connectivity index (χ4v) is 4.13. The number of hydrogen-bond donors (Lipinski definition) is 0. The molecule has 5 rings (SSSR count). The van der Waals surface area contributed by atoms with Gasteiger partial charge in [-0.2, -0.15) is 5.10 Å². The van der Waals surface area contributed by atoms with Crippen LogP contribution in [0.25, 0.3) is 28.0 Å². The maximum absolute atomic E-state index is 12.4. The van der Waals surface area contributed by atoms with Crippen LogP contribution >= 0.6 is 15.9 Å². The maximum atomic E-state index is 12.4. The summed E-state index contributed by atoms with van der Waals surface area (Å²) in [6.45, 7) is 1.56. The molecule has 1 aliphatic rings. The Morgan fingerprint density at radius 1 is 0.973 bits per heavy atom. The van der Waals surface area contributed by atoms with E-state index in [1.807, 2.05) is 62.6 Å². The van der Waals surface area contributed by atoms with Crippen molar-refractivity contribution in [2.45, 2.75) is 6.42 Å². The molecule has 0 bridgehead atoms. The number of rotatable bonds is 7. The monoisotopic (exact) mass is 562 g/mol. The summed E-state index contributed by atoms with van der Waals surface area (Å²) in [6.07, 6.45) is 4.31. The smallest absolute Gasteiger partial charge is 0.336 e. The first-order valence-corrected chi connectivity index (χ1v) is 12.4. The van der Waals surface area contributed by atoms with Crippen molar-refractivity contribution in [2.75, 3.05) is 27.2 Å². The lowest BCUT2D eigenvalue weighted by molar-refractivity contribution is -0.133. The third-order valence-electron chi connectivity index (χ3n) is 5.60. The standard InChI is InChI=1S/C27H23BrN4O5/c1-31(2)14-3-15-35-20-10-8-19(9-11-20)32-27-24(25(30-32)17-4-6-18(28)7-5-17)26-21(16-29-27)36-22(33)12-13-23(34)37-26/h4-13,16H,3,14-15H2,1-2H3/b13-12-. The van der Waals surface area contributed by atoms with Crippen molar-refractivity contribution in [2.24, 2.45) is 0 Å². The van der Waals surface area contributed by atoms with Crippen molar-refractivity contribution in [3.63, 3.8) is 0 Å². The summed E-state index contributed by atoms with van der Waals surface area (Å²) in [4.78, 5) is 31.1. The number of ether oxygens (including phenoxy) is 3. The molecule has 0 fully saturated rings. The van der Waals surface area contributed by atoms with Crippen molar-refractivity contribution in [3.8, 4) is 34.2 Å². The summed E-state index contributed by atoms with van der Waals surface area (Å²) in [5.74, 6) is -0.529. The first kappa shape index (κ1) is 24.7. The molecular formula is C27H23BrN4O5. The Kier molecular flexibility index (Phi) is 7.02. The first-order valence-electron chi connectivity index (χ1n) is 11.6. The molecule has 37 heavy (non-hydrogen) atoms. The normalized spacial score (nSPS) is 14.1. The molecule has 0 amide bonds. The van der Waals surface area contributed by atoms with Gasteiger partial charge >= 0.3 is 11.9 Å². The van der Waals surface area contributed by atoms with E-state index in [0.717, 1.165) is 46.6 Å². The molecule has 0 saturated heterocycles. The first-order chi connectivity index (χ1) is 17.9. The Morgan fingerprint density at radius 2 is 1.68 bits per heavy atom. The number of pyridine rings is 1. The molecule has 0 radical (unpaired) electrons. The number of hydrogen-bond acceptors (Lipinski definition) is 8. The Balaban J connectivity index is 1.59. The van der Waals surface area contributed by atoms with E-state index in [1.54, 1.807) is 4.68 Å². The number of benzene rings is 2. The van der Waals surface area contributed by atoms with Crippen LogP contribution in [0.15, 0.2) is 71.4 Å². The van der Waals surface area contributed by atoms with Gasteiger partial charge in [-0.05, 0) is 56.9 Å². The van der Waals surface area contributed by atoms with Crippen LogP contribution < -0.4 is 14.2 Å². The minimum absolute atomic E-state index is 0.0367. The predicted molar refractivity (Wildman–Crippen MR) is 141 cm³/mol. The molecule has 188 valence electrons. The van der Waals surface area contributed by atoms with Crippen LogP contribution in [0.4, 0.5) is 0 Å². The highest BCUT2D eigenvalue weighted by molar-refractivity contribution is 9.10. The Bertz CT molecular complexity index is 1490. The van der Waals surface area contributed by atoms with Crippen molar-refractivity contribution in [1.82, 2.24) is 19.7 Å². The number of carbonyl (C=O) groups excluding carboxylic acids is 2. The molecule has 4 aromatic rings. The molecule has 0 N–H and O–H groups in total. The highest BCUT2D eigenvalue weighted by Crippen LogP contribution is 2.41. The Morgan fingerprint density at radius 3 is 2.38 bits per heavy atom. The number of fused-ring (bicyclic) bond motifs is 3. The van der Waals surface area contributed by atoms with Crippen LogP contribution in [0.2, 0.25) is 0 Å². The van der Waals surface area contributed by atoms with Gasteiger partial charge in [0.25, 0.3) is 0 Å². The topological polar surface area (TPSA) is 95.8 Å². The lowest BCUT2D eigenvalue weighted by atomic mass is 10.1. The molecule has 0 unspecified atom stereocenters. The van der Waals surface area contributed by atoms with E-state index in [-0.39, 0.29) is 11.5 Å². The van der Waals surface area contributed by atoms with Gasteiger partial charge in [-0.15, -0.1) is 0 Å². The van der Waals surface area contributed by atoms with E-state index in [9.17, 15) is 9.59 Å². The quantitative estimate of drug-likeness (QED) is 0.239. The van der Waals surface area contributed by atoms with Crippen molar-refractivity contribution in [3.05, 3.63) is 71.4 Å². The van der Waals surface area contributed by atoms with Gasteiger partial charge in [0.1, 0.15) is 11.4 Å². The van der Waals surface area contributed by atoms with Gasteiger partial charge in [0, 0.05) is 28.7 Å². The molecule has 3 heterocycles. The van der Waals surface area contributed by atoms with Crippen molar-refractivity contribution in [1.29, 1.82) is 0 Å². The molecule has 0 spiro atoms. The second-order valence-corrected chi connectivity index (χ2v) is 9.51. The third-order valence-corrected chi connectivity index (χ3v) is 6.13. The number of aromatic nitrogens is 3. The Labute approximate surface area is 221 Å². The highest BCUT2D eigenvalue weighted by atomic mass is 79.9. The zero-order valence-corrected chi connectivity index (χ0v) is 21.8. The van der Waals surface area contributed by atoms with Gasteiger partial charge < -0.3 is 19.1 Å². The van der Waals surface area contributed by atoms with Crippen LogP contribution in [0.5, 0.6) is 17.2 Å². The average molecular weight is 563 g/mol. The fourth-order valence-electron chi connectivity index (χ4n) is 3.87. The number of carbonyl (C=O) groups is 2. The van der Waals surface area contributed by atoms with Gasteiger partial charge in [-0.25, -0.2) is 19.3 Å². The second-order valence-electron chi connectivity index (χ2n) is 8.59. The summed E-state index contributed by atoms with van der Waals surface area (Å²) in [5, 5.41) is 5.28. The van der Waals surface area contributed by atoms with Crippen LogP contribution in [0.1, 0.15) is 6.42 Å². The minimum Gasteiger partial charge on any atom is -0.494 e. The van der Waals surface area contributed by atoms with Crippen LogP contribution in [-0.4, -0.2) is 58.8 Å². The van der Waals surface area contributed by atoms with Gasteiger partial charge in [-0.1, -0.05) is 28.1 Å². The molecule has 9 nitrogen and oxygen atoms in total. The Hall–Kier alpha value is -4.02. The summed E-state index contributed by atoms with van der Waals surface area (Å²) in [7, 11) is 4.06. The van der Waals surface area contributed by atoms with Gasteiger partial charge in [0.05, 0.1) is 23.9 Å². The van der Waals surface area contributed by atoms with Crippen molar-refractivity contribution >= 4 is 38.9 Å². The average Bonchev–Trinajstić information content (AvgIpc) is 3.26. The van der Waals surface area contributed by atoms with Gasteiger partial charge in [-0.3, -0.25) is 0 Å². The molecule has 10 heteroatoms. The molecular weight excluding hydrogens is 540 g/mol.